The summed E-state index contributed by atoms with van der Waals surface area (Å²) in [6.07, 6.45) is 7.07. The van der Waals surface area contributed by atoms with Crippen LogP contribution in [0.5, 0.6) is 0 Å². The number of fused-ring (bicyclic) bond motifs is 10. The van der Waals surface area contributed by atoms with E-state index in [9.17, 15) is 0 Å². The van der Waals surface area contributed by atoms with Crippen LogP contribution in [0.3, 0.4) is 0 Å². The second-order valence-electron chi connectivity index (χ2n) is 14.7. The minimum absolute atomic E-state index is 1.06. The van der Waals surface area contributed by atoms with Gasteiger partial charge in [-0.1, -0.05) is 121 Å². The van der Waals surface area contributed by atoms with Gasteiger partial charge in [0.1, 0.15) is 0 Å². The lowest BCUT2D eigenvalue weighted by Gasteiger charge is -2.18. The fourth-order valence-electron chi connectivity index (χ4n) is 9.08. The Hall–Kier alpha value is -6.06. The van der Waals surface area contributed by atoms with Crippen LogP contribution >= 0.6 is 22.7 Å². The van der Waals surface area contributed by atoms with E-state index in [2.05, 4.69) is 170 Å². The van der Waals surface area contributed by atoms with Gasteiger partial charge in [-0.3, -0.25) is 0 Å². The van der Waals surface area contributed by atoms with Gasteiger partial charge in [-0.2, -0.15) is 0 Å². The van der Waals surface area contributed by atoms with Gasteiger partial charge in [0.15, 0.2) is 0 Å². The third-order valence-corrected chi connectivity index (χ3v) is 13.9. The standard InChI is InChI=1S/C52H32S2/c1-2-10-34-25-36(22-19-31(34)9-1)52-42-14-5-3-12-40(42)51(41-13-4-6-15-43(41)52)33-20-17-32(18-21-33)35-23-24-48-45(26-35)46-28-38-29-49-44(27-37(38)30-50(46)54-48)39-11-7-8-16-47(39)53-49/h1-3,5,7-30H,4,6H2. The summed E-state index contributed by atoms with van der Waals surface area (Å²) >= 11 is 3.79. The molecule has 0 amide bonds. The molecule has 0 bridgehead atoms. The van der Waals surface area contributed by atoms with Crippen molar-refractivity contribution in [2.24, 2.45) is 0 Å². The molecule has 0 nitrogen and oxygen atoms in total. The Kier molecular flexibility index (Phi) is 6.60. The summed E-state index contributed by atoms with van der Waals surface area (Å²) in [6, 6.07) is 59.4. The summed E-state index contributed by atoms with van der Waals surface area (Å²) in [5.74, 6) is 0. The highest BCUT2D eigenvalue weighted by Gasteiger charge is 2.17. The van der Waals surface area contributed by atoms with E-state index in [-0.39, 0.29) is 0 Å². The average Bonchev–Trinajstić information content (AvgIpc) is 3.77. The smallest absolute Gasteiger partial charge is 0.0361 e. The molecule has 252 valence electrons. The molecule has 11 aromatic rings. The van der Waals surface area contributed by atoms with Gasteiger partial charge >= 0.3 is 0 Å². The van der Waals surface area contributed by atoms with Crippen molar-refractivity contribution in [2.75, 3.05) is 0 Å². The zero-order chi connectivity index (χ0) is 35.3. The lowest BCUT2D eigenvalue weighted by atomic mass is 9.85. The van der Waals surface area contributed by atoms with E-state index in [1.165, 1.54) is 116 Å². The maximum atomic E-state index is 2.47. The van der Waals surface area contributed by atoms with Crippen LogP contribution < -0.4 is 10.4 Å². The minimum atomic E-state index is 1.06. The summed E-state index contributed by atoms with van der Waals surface area (Å²) in [5.41, 5.74) is 7.74. The van der Waals surface area contributed by atoms with Gasteiger partial charge in [-0.25, -0.2) is 0 Å². The van der Waals surface area contributed by atoms with Crippen LogP contribution in [-0.2, 0) is 0 Å². The molecule has 0 aliphatic heterocycles. The van der Waals surface area contributed by atoms with Crippen molar-refractivity contribution in [2.45, 2.75) is 12.8 Å². The van der Waals surface area contributed by atoms with E-state index in [4.69, 9.17) is 0 Å². The van der Waals surface area contributed by atoms with Gasteiger partial charge < -0.3 is 0 Å². The highest BCUT2D eigenvalue weighted by molar-refractivity contribution is 7.26. The Bertz CT molecular complexity index is 3490. The molecule has 1 aliphatic rings. The van der Waals surface area contributed by atoms with Gasteiger partial charge in [0.2, 0.25) is 0 Å². The van der Waals surface area contributed by atoms with Crippen LogP contribution in [0.2, 0.25) is 0 Å². The number of hydrogen-bond donors (Lipinski definition) is 0. The van der Waals surface area contributed by atoms with Crippen LogP contribution in [0.1, 0.15) is 12.8 Å². The fourth-order valence-corrected chi connectivity index (χ4v) is 11.3. The van der Waals surface area contributed by atoms with E-state index in [1.54, 1.807) is 0 Å². The molecule has 0 spiro atoms. The molecule has 2 aromatic heterocycles. The zero-order valence-electron chi connectivity index (χ0n) is 29.4. The number of rotatable bonds is 3. The Morgan fingerprint density at radius 1 is 0.296 bits per heavy atom. The SMILES string of the molecule is C1=c2c(-c3ccc(-c4ccc5sc6cc7cc8c(cc7cc6c5c4)sc4ccccc48)cc3)c3ccccc3c(-c3ccc4ccccc4c3)c2=CCC1. The van der Waals surface area contributed by atoms with Crippen LogP contribution in [0.4, 0.5) is 0 Å². The van der Waals surface area contributed by atoms with E-state index in [1.807, 2.05) is 22.7 Å². The van der Waals surface area contributed by atoms with Crippen LogP contribution in [0, 0.1) is 0 Å². The lowest BCUT2D eigenvalue weighted by molar-refractivity contribution is 1.12. The highest BCUT2D eigenvalue weighted by atomic mass is 32.1. The molecule has 0 N–H and O–H groups in total. The van der Waals surface area contributed by atoms with Crippen molar-refractivity contribution in [3.63, 3.8) is 0 Å². The van der Waals surface area contributed by atoms with Crippen molar-refractivity contribution in [1.82, 2.24) is 0 Å². The van der Waals surface area contributed by atoms with Crippen LogP contribution in [0.25, 0.3) is 118 Å². The summed E-state index contributed by atoms with van der Waals surface area (Å²) in [6.45, 7) is 0. The molecule has 0 fully saturated rings. The average molecular weight is 721 g/mol. The van der Waals surface area contributed by atoms with Gasteiger partial charge in [-0.15, -0.1) is 22.7 Å². The van der Waals surface area contributed by atoms with E-state index in [0.717, 1.165) is 12.8 Å². The molecule has 2 heteroatoms. The summed E-state index contributed by atoms with van der Waals surface area (Å²) in [4.78, 5) is 0. The predicted molar refractivity (Wildman–Crippen MR) is 238 cm³/mol. The van der Waals surface area contributed by atoms with Gasteiger partial charge in [0.05, 0.1) is 0 Å². The normalized spacial score (nSPS) is 13.0. The second-order valence-corrected chi connectivity index (χ2v) is 16.9. The molecule has 0 saturated heterocycles. The monoisotopic (exact) mass is 720 g/mol. The first-order chi connectivity index (χ1) is 26.7. The molecule has 9 aromatic carbocycles. The molecule has 54 heavy (non-hydrogen) atoms. The molecule has 1 aliphatic carbocycles. The maximum Gasteiger partial charge on any atom is 0.0361 e. The van der Waals surface area contributed by atoms with Crippen molar-refractivity contribution in [3.05, 3.63) is 168 Å². The van der Waals surface area contributed by atoms with Gasteiger partial charge in [-0.05, 0) is 138 Å². The van der Waals surface area contributed by atoms with Gasteiger partial charge in [0.25, 0.3) is 0 Å². The topological polar surface area (TPSA) is 0 Å². The molecule has 2 heterocycles. The molecule has 0 unspecified atom stereocenters. The summed E-state index contributed by atoms with van der Waals surface area (Å²) in [7, 11) is 0. The van der Waals surface area contributed by atoms with Crippen molar-refractivity contribution in [1.29, 1.82) is 0 Å². The largest absolute Gasteiger partial charge is 0.135 e. The molecule has 12 rings (SSSR count). The molecular formula is C52H32S2. The van der Waals surface area contributed by atoms with Crippen LogP contribution in [0.15, 0.2) is 158 Å². The first-order valence-electron chi connectivity index (χ1n) is 18.8. The number of benzene rings is 9. The fraction of sp³-hybridized carbons (Fsp3) is 0.0385. The van der Waals surface area contributed by atoms with Crippen LogP contribution in [-0.4, -0.2) is 0 Å². The number of hydrogen-bond acceptors (Lipinski definition) is 2. The Labute approximate surface area is 320 Å². The third kappa shape index (κ3) is 4.61. The van der Waals surface area contributed by atoms with E-state index in [0.29, 0.717) is 0 Å². The third-order valence-electron chi connectivity index (χ3n) is 11.6. The first kappa shape index (κ1) is 30.4. The van der Waals surface area contributed by atoms with Crippen molar-refractivity contribution in [3.8, 4) is 33.4 Å². The molecule has 0 saturated carbocycles. The Morgan fingerprint density at radius 2 is 0.815 bits per heavy atom. The molecule has 0 radical (unpaired) electrons. The summed E-state index contributed by atoms with van der Waals surface area (Å²) in [5, 5.41) is 15.9. The van der Waals surface area contributed by atoms with E-state index < -0.39 is 0 Å². The number of thiophene rings is 2. The predicted octanol–water partition coefficient (Wildman–Crippen LogP) is 14.2. The lowest BCUT2D eigenvalue weighted by Crippen LogP contribution is -2.31. The quantitative estimate of drug-likeness (QED) is 0.170. The van der Waals surface area contributed by atoms with Gasteiger partial charge in [0, 0.05) is 40.3 Å². The zero-order valence-corrected chi connectivity index (χ0v) is 31.0. The van der Waals surface area contributed by atoms with Crippen molar-refractivity contribution < 1.29 is 0 Å². The van der Waals surface area contributed by atoms with E-state index >= 15 is 0 Å². The van der Waals surface area contributed by atoms with Crippen molar-refractivity contribution >= 4 is 107 Å². The maximum absolute atomic E-state index is 2.47. The summed E-state index contributed by atoms with van der Waals surface area (Å²) < 4.78 is 5.40. The first-order valence-corrected chi connectivity index (χ1v) is 20.4. The Morgan fingerprint density at radius 3 is 1.54 bits per heavy atom. The Balaban J connectivity index is 0.979. The highest BCUT2D eigenvalue weighted by Crippen LogP contribution is 2.42. The molecular weight excluding hydrogens is 689 g/mol. The minimum Gasteiger partial charge on any atom is -0.135 e. The molecule has 0 atom stereocenters. The second kappa shape index (κ2) is 11.7.